The van der Waals surface area contributed by atoms with Gasteiger partial charge in [-0.3, -0.25) is 19.2 Å². The Labute approximate surface area is 293 Å². The van der Waals surface area contributed by atoms with Crippen molar-refractivity contribution in [3.8, 4) is 0 Å². The van der Waals surface area contributed by atoms with E-state index >= 15 is 4.39 Å². The summed E-state index contributed by atoms with van der Waals surface area (Å²) in [5, 5.41) is 9.90. The van der Waals surface area contributed by atoms with Gasteiger partial charge in [0.1, 0.15) is 5.67 Å². The van der Waals surface area contributed by atoms with Gasteiger partial charge in [0.05, 0.1) is 37.4 Å². The maximum atomic E-state index is 16.3. The molecular weight excluding hydrogens is 639 g/mol. The standard InChI is InChI=1S/C39H49FN4O6/c1-25-36(38(2,3)40)32(22-35(48)43-20-8-9-29(43)24-45)50-39(25)30-21-28(42-19-7-5-11-34(42)47)16-17-31(30)44(37(39)49)23-26-12-14-27(15-13-26)41-18-6-4-10-33(41)46/h12-17,21,25,29,32,36,45H,4-11,18-20,22-24H2,1-3H3/t25-,29+,32+,36-,39+/m1/s1. The largest absolute Gasteiger partial charge is 0.394 e. The van der Waals surface area contributed by atoms with E-state index in [9.17, 15) is 24.3 Å². The minimum atomic E-state index is -1.79. The minimum Gasteiger partial charge on any atom is -0.394 e. The molecule has 5 aliphatic rings. The van der Waals surface area contributed by atoms with E-state index in [0.29, 0.717) is 55.8 Å². The Morgan fingerprint density at radius 2 is 1.56 bits per heavy atom. The van der Waals surface area contributed by atoms with E-state index in [4.69, 9.17) is 4.74 Å². The summed E-state index contributed by atoms with van der Waals surface area (Å²) < 4.78 is 23.2. The number of aliphatic hydroxyl groups excluding tert-OH is 1. The summed E-state index contributed by atoms with van der Waals surface area (Å²) >= 11 is 0. The lowest BCUT2D eigenvalue weighted by atomic mass is 9.71. The molecule has 0 aromatic heterocycles. The molecule has 4 saturated heterocycles. The number of aliphatic hydroxyl groups is 1. The lowest BCUT2D eigenvalue weighted by molar-refractivity contribution is -0.150. The molecule has 10 nitrogen and oxygen atoms in total. The number of carbonyl (C=O) groups is 4. The van der Waals surface area contributed by atoms with Gasteiger partial charge in [-0.05, 0) is 88.3 Å². The van der Waals surface area contributed by atoms with Gasteiger partial charge in [0.25, 0.3) is 5.91 Å². The Morgan fingerprint density at radius 3 is 2.18 bits per heavy atom. The second-order valence-electron chi connectivity index (χ2n) is 15.3. The van der Waals surface area contributed by atoms with Crippen molar-refractivity contribution in [1.82, 2.24) is 4.90 Å². The third kappa shape index (κ3) is 5.89. The van der Waals surface area contributed by atoms with Gasteiger partial charge < -0.3 is 29.4 Å². The summed E-state index contributed by atoms with van der Waals surface area (Å²) in [6, 6.07) is 13.0. The van der Waals surface area contributed by atoms with Crippen LogP contribution in [-0.2, 0) is 36.1 Å². The van der Waals surface area contributed by atoms with Crippen molar-refractivity contribution in [2.24, 2.45) is 11.8 Å². The number of piperidine rings is 2. The Hall–Kier alpha value is -3.83. The average molecular weight is 689 g/mol. The summed E-state index contributed by atoms with van der Waals surface area (Å²) in [7, 11) is 0. The summed E-state index contributed by atoms with van der Waals surface area (Å²) in [4.78, 5) is 61.2. The number of likely N-dealkylation sites (tertiary alicyclic amines) is 1. The van der Waals surface area contributed by atoms with Crippen LogP contribution >= 0.6 is 0 Å². The van der Waals surface area contributed by atoms with Gasteiger partial charge in [-0.15, -0.1) is 0 Å². The van der Waals surface area contributed by atoms with Crippen LogP contribution in [0.15, 0.2) is 42.5 Å². The van der Waals surface area contributed by atoms with E-state index in [0.717, 1.165) is 43.4 Å². The fraction of sp³-hybridized carbons (Fsp3) is 0.590. The van der Waals surface area contributed by atoms with Gasteiger partial charge in [-0.2, -0.15) is 0 Å². The second kappa shape index (κ2) is 13.4. The number of benzene rings is 2. The van der Waals surface area contributed by atoms with Gasteiger partial charge in [0.2, 0.25) is 17.7 Å². The van der Waals surface area contributed by atoms with Crippen molar-refractivity contribution >= 4 is 40.7 Å². The van der Waals surface area contributed by atoms with Crippen LogP contribution in [0.5, 0.6) is 0 Å². The number of anilines is 3. The van der Waals surface area contributed by atoms with Crippen LogP contribution < -0.4 is 14.7 Å². The molecule has 0 saturated carbocycles. The Kier molecular flexibility index (Phi) is 9.26. The SMILES string of the molecule is C[C@@H]1[C@@H](C(C)(C)F)[C@H](CC(=O)N2CCC[C@H]2CO)O[C@@]12C(=O)N(Cc1ccc(N3CCCCC3=O)cc1)c1ccc(N3CCCCC3=O)cc12. The van der Waals surface area contributed by atoms with Gasteiger partial charge in [-0.25, -0.2) is 4.39 Å². The minimum absolute atomic E-state index is 0.0226. The summed E-state index contributed by atoms with van der Waals surface area (Å²) in [5.41, 5.74) is 0.206. The average Bonchev–Trinajstić information content (AvgIpc) is 3.76. The number of nitrogens with zero attached hydrogens (tertiary/aromatic N) is 4. The van der Waals surface area contributed by atoms with Crippen molar-refractivity contribution < 1.29 is 33.4 Å². The number of alkyl halides is 1. The highest BCUT2D eigenvalue weighted by atomic mass is 19.1. The topological polar surface area (TPSA) is 111 Å². The third-order valence-corrected chi connectivity index (χ3v) is 11.8. The number of rotatable bonds is 8. The van der Waals surface area contributed by atoms with E-state index in [1.165, 1.54) is 13.8 Å². The van der Waals surface area contributed by atoms with Crippen LogP contribution in [-0.4, -0.2) is 77.7 Å². The highest BCUT2D eigenvalue weighted by molar-refractivity contribution is 6.08. The van der Waals surface area contributed by atoms with Gasteiger partial charge in [0.15, 0.2) is 5.60 Å². The maximum absolute atomic E-state index is 16.3. The molecule has 1 N–H and O–H groups in total. The van der Waals surface area contributed by atoms with E-state index in [1.807, 2.05) is 49.4 Å². The molecule has 2 aromatic rings. The van der Waals surface area contributed by atoms with Crippen LogP contribution in [0.3, 0.4) is 0 Å². The monoisotopic (exact) mass is 688 g/mol. The third-order valence-electron chi connectivity index (χ3n) is 11.8. The molecule has 0 radical (unpaired) electrons. The molecule has 0 aliphatic carbocycles. The number of carbonyl (C=O) groups excluding carboxylic acids is 4. The maximum Gasteiger partial charge on any atom is 0.264 e. The normalized spacial score (nSPS) is 28.7. The molecule has 0 bridgehead atoms. The molecule has 5 heterocycles. The zero-order valence-corrected chi connectivity index (χ0v) is 29.4. The molecule has 2 aromatic carbocycles. The Balaban J connectivity index is 1.26. The fourth-order valence-electron chi connectivity index (χ4n) is 9.33. The number of amides is 4. The number of halogens is 1. The van der Waals surface area contributed by atoms with Crippen molar-refractivity contribution in [3.63, 3.8) is 0 Å². The number of hydrogen-bond donors (Lipinski definition) is 1. The Morgan fingerprint density at radius 1 is 0.920 bits per heavy atom. The van der Waals surface area contributed by atoms with Gasteiger partial charge >= 0.3 is 0 Å². The van der Waals surface area contributed by atoms with E-state index < -0.39 is 29.2 Å². The molecule has 4 fully saturated rings. The first kappa shape index (κ1) is 34.6. The molecule has 4 amide bonds. The quantitative estimate of drug-likeness (QED) is 0.407. The molecule has 11 heteroatoms. The molecule has 5 atom stereocenters. The van der Waals surface area contributed by atoms with Crippen LogP contribution in [0.1, 0.15) is 89.7 Å². The van der Waals surface area contributed by atoms with E-state index in [1.54, 1.807) is 19.6 Å². The van der Waals surface area contributed by atoms with Crippen molar-refractivity contribution in [1.29, 1.82) is 0 Å². The van der Waals surface area contributed by atoms with Gasteiger partial charge in [0, 0.05) is 61.2 Å². The molecule has 268 valence electrons. The highest BCUT2D eigenvalue weighted by Crippen LogP contribution is 2.59. The van der Waals surface area contributed by atoms with Crippen LogP contribution in [0.25, 0.3) is 0 Å². The number of fused-ring (bicyclic) bond motifs is 2. The van der Waals surface area contributed by atoms with Crippen LogP contribution in [0.4, 0.5) is 21.5 Å². The summed E-state index contributed by atoms with van der Waals surface area (Å²) in [6.45, 7) is 6.67. The molecule has 7 rings (SSSR count). The van der Waals surface area contributed by atoms with Crippen molar-refractivity contribution in [2.75, 3.05) is 40.9 Å². The van der Waals surface area contributed by atoms with Crippen LogP contribution in [0, 0.1) is 11.8 Å². The second-order valence-corrected chi connectivity index (χ2v) is 15.3. The predicted molar refractivity (Wildman–Crippen MR) is 187 cm³/mol. The molecule has 1 spiro atoms. The first-order chi connectivity index (χ1) is 23.9. The lowest BCUT2D eigenvalue weighted by Crippen LogP contribution is -2.45. The lowest BCUT2D eigenvalue weighted by Gasteiger charge is -2.33. The van der Waals surface area contributed by atoms with E-state index in [2.05, 4.69) is 0 Å². The molecule has 5 aliphatic heterocycles. The van der Waals surface area contributed by atoms with E-state index in [-0.39, 0.29) is 49.2 Å². The Bertz CT molecular complexity index is 1660. The number of hydrogen-bond acceptors (Lipinski definition) is 6. The summed E-state index contributed by atoms with van der Waals surface area (Å²) in [5.74, 6) is -1.85. The zero-order valence-electron chi connectivity index (χ0n) is 29.4. The molecule has 50 heavy (non-hydrogen) atoms. The molecular formula is C39H49FN4O6. The summed E-state index contributed by atoms with van der Waals surface area (Å²) in [6.07, 6.45) is 5.05. The van der Waals surface area contributed by atoms with Crippen molar-refractivity contribution in [2.45, 2.75) is 109 Å². The van der Waals surface area contributed by atoms with Crippen LogP contribution in [0.2, 0.25) is 0 Å². The molecule has 0 unspecified atom stereocenters. The first-order valence-corrected chi connectivity index (χ1v) is 18.4. The predicted octanol–water partition coefficient (Wildman–Crippen LogP) is 5.24. The first-order valence-electron chi connectivity index (χ1n) is 18.4. The fourth-order valence-corrected chi connectivity index (χ4v) is 9.33. The smallest absolute Gasteiger partial charge is 0.264 e. The zero-order chi connectivity index (χ0) is 35.4. The highest BCUT2D eigenvalue weighted by Gasteiger charge is 2.66. The van der Waals surface area contributed by atoms with Crippen molar-refractivity contribution in [3.05, 3.63) is 53.6 Å². The van der Waals surface area contributed by atoms with Gasteiger partial charge in [-0.1, -0.05) is 19.1 Å². The number of ether oxygens (including phenoxy) is 1.